The summed E-state index contributed by atoms with van der Waals surface area (Å²) in [4.78, 5) is 17.9. The zero-order valence-corrected chi connectivity index (χ0v) is 12.4. The van der Waals surface area contributed by atoms with Crippen molar-refractivity contribution in [2.45, 2.75) is 32.4 Å². The number of pyridine rings is 1. The predicted octanol–water partition coefficient (Wildman–Crippen LogP) is 2.90. The molecule has 6 nitrogen and oxygen atoms in total. The SMILES string of the molecule is Cc1nc(-c2cccnc2)c2ncn(C3CCCCO3)c2n1. The molecule has 6 heteroatoms. The number of fused-ring (bicyclic) bond motifs is 1. The molecular weight excluding hydrogens is 278 g/mol. The van der Waals surface area contributed by atoms with E-state index in [2.05, 4.69) is 19.9 Å². The van der Waals surface area contributed by atoms with E-state index in [1.807, 2.05) is 30.0 Å². The van der Waals surface area contributed by atoms with Crippen LogP contribution in [0.25, 0.3) is 22.4 Å². The largest absolute Gasteiger partial charge is 0.358 e. The summed E-state index contributed by atoms with van der Waals surface area (Å²) in [6.45, 7) is 2.70. The molecule has 1 aliphatic heterocycles. The summed E-state index contributed by atoms with van der Waals surface area (Å²) >= 11 is 0. The van der Waals surface area contributed by atoms with Crippen LogP contribution in [-0.4, -0.2) is 31.1 Å². The molecule has 1 aliphatic rings. The van der Waals surface area contributed by atoms with E-state index >= 15 is 0 Å². The van der Waals surface area contributed by atoms with E-state index in [9.17, 15) is 0 Å². The average Bonchev–Trinajstić information content (AvgIpc) is 2.99. The van der Waals surface area contributed by atoms with Gasteiger partial charge in [0.15, 0.2) is 5.65 Å². The van der Waals surface area contributed by atoms with Gasteiger partial charge in [-0.15, -0.1) is 0 Å². The highest BCUT2D eigenvalue weighted by Crippen LogP contribution is 2.29. The summed E-state index contributed by atoms with van der Waals surface area (Å²) < 4.78 is 7.90. The fraction of sp³-hybridized carbons (Fsp3) is 0.375. The average molecular weight is 295 g/mol. The smallest absolute Gasteiger partial charge is 0.166 e. The summed E-state index contributed by atoms with van der Waals surface area (Å²) in [5.74, 6) is 0.726. The molecule has 3 aromatic heterocycles. The van der Waals surface area contributed by atoms with Gasteiger partial charge in [0.1, 0.15) is 23.3 Å². The number of hydrogen-bond acceptors (Lipinski definition) is 5. The van der Waals surface area contributed by atoms with Crippen LogP contribution >= 0.6 is 0 Å². The van der Waals surface area contributed by atoms with E-state index in [4.69, 9.17) is 4.74 Å². The first-order valence-corrected chi connectivity index (χ1v) is 7.56. The number of ether oxygens (including phenoxy) is 1. The lowest BCUT2D eigenvalue weighted by molar-refractivity contribution is -0.0298. The molecule has 0 aromatic carbocycles. The Balaban J connectivity index is 1.87. The van der Waals surface area contributed by atoms with Gasteiger partial charge in [0, 0.05) is 24.6 Å². The Morgan fingerprint density at radius 3 is 3.00 bits per heavy atom. The van der Waals surface area contributed by atoms with Gasteiger partial charge >= 0.3 is 0 Å². The quantitative estimate of drug-likeness (QED) is 0.727. The van der Waals surface area contributed by atoms with Crippen molar-refractivity contribution >= 4 is 11.2 Å². The number of imidazole rings is 1. The summed E-state index contributed by atoms with van der Waals surface area (Å²) in [5, 5.41) is 0. The van der Waals surface area contributed by atoms with Gasteiger partial charge in [0.25, 0.3) is 0 Å². The van der Waals surface area contributed by atoms with Crippen LogP contribution in [0, 0.1) is 6.92 Å². The van der Waals surface area contributed by atoms with Gasteiger partial charge in [-0.2, -0.15) is 0 Å². The second-order valence-electron chi connectivity index (χ2n) is 5.51. The first-order chi connectivity index (χ1) is 10.8. The van der Waals surface area contributed by atoms with Crippen molar-refractivity contribution < 1.29 is 4.74 Å². The molecule has 3 aromatic rings. The summed E-state index contributed by atoms with van der Waals surface area (Å²) in [6.07, 6.45) is 8.68. The first kappa shape index (κ1) is 13.3. The Bertz CT molecular complexity index is 793. The van der Waals surface area contributed by atoms with Crippen LogP contribution in [0.4, 0.5) is 0 Å². The molecule has 4 rings (SSSR count). The molecule has 0 bridgehead atoms. The van der Waals surface area contributed by atoms with E-state index in [0.717, 1.165) is 47.7 Å². The van der Waals surface area contributed by atoms with Crippen molar-refractivity contribution in [3.63, 3.8) is 0 Å². The number of hydrogen-bond donors (Lipinski definition) is 0. The Morgan fingerprint density at radius 2 is 2.23 bits per heavy atom. The zero-order valence-electron chi connectivity index (χ0n) is 12.4. The van der Waals surface area contributed by atoms with Crippen molar-refractivity contribution in [3.8, 4) is 11.3 Å². The van der Waals surface area contributed by atoms with Gasteiger partial charge in [0.05, 0.1) is 6.33 Å². The highest BCUT2D eigenvalue weighted by molar-refractivity contribution is 5.87. The monoisotopic (exact) mass is 295 g/mol. The minimum Gasteiger partial charge on any atom is -0.358 e. The van der Waals surface area contributed by atoms with E-state index in [-0.39, 0.29) is 6.23 Å². The van der Waals surface area contributed by atoms with Gasteiger partial charge < -0.3 is 4.74 Å². The number of rotatable bonds is 2. The van der Waals surface area contributed by atoms with Gasteiger partial charge in [-0.25, -0.2) is 15.0 Å². The molecule has 0 spiro atoms. The van der Waals surface area contributed by atoms with Crippen LogP contribution in [0.3, 0.4) is 0 Å². The third-order valence-corrected chi connectivity index (χ3v) is 3.93. The summed E-state index contributed by atoms with van der Waals surface area (Å²) in [5.41, 5.74) is 3.41. The lowest BCUT2D eigenvalue weighted by Gasteiger charge is -2.23. The maximum Gasteiger partial charge on any atom is 0.166 e. The third kappa shape index (κ3) is 2.25. The van der Waals surface area contributed by atoms with Crippen LogP contribution in [0.15, 0.2) is 30.9 Å². The van der Waals surface area contributed by atoms with Crippen LogP contribution in [0.2, 0.25) is 0 Å². The topological polar surface area (TPSA) is 65.7 Å². The molecule has 1 fully saturated rings. The van der Waals surface area contributed by atoms with Crippen LogP contribution in [0.1, 0.15) is 31.3 Å². The number of aromatic nitrogens is 5. The standard InChI is InChI=1S/C16H17N5O/c1-11-19-14(12-5-4-7-17-9-12)15-16(20-11)21(10-18-15)13-6-2-3-8-22-13/h4-5,7,9-10,13H,2-3,6,8H2,1H3. The molecule has 112 valence electrons. The molecule has 0 saturated carbocycles. The number of nitrogens with zero attached hydrogens (tertiary/aromatic N) is 5. The Morgan fingerprint density at radius 1 is 1.27 bits per heavy atom. The minimum atomic E-state index is 0.0230. The zero-order chi connectivity index (χ0) is 14.9. The van der Waals surface area contributed by atoms with Crippen molar-refractivity contribution in [3.05, 3.63) is 36.7 Å². The van der Waals surface area contributed by atoms with Crippen molar-refractivity contribution in [2.75, 3.05) is 6.61 Å². The fourth-order valence-corrected chi connectivity index (χ4v) is 2.88. The molecular formula is C16H17N5O. The molecule has 0 aliphatic carbocycles. The molecule has 4 heterocycles. The Kier molecular flexibility index (Phi) is 3.31. The fourth-order valence-electron chi connectivity index (χ4n) is 2.88. The third-order valence-electron chi connectivity index (χ3n) is 3.93. The highest BCUT2D eigenvalue weighted by Gasteiger charge is 2.21. The molecule has 1 unspecified atom stereocenters. The van der Waals surface area contributed by atoms with Crippen molar-refractivity contribution in [1.29, 1.82) is 0 Å². The van der Waals surface area contributed by atoms with E-state index in [1.54, 1.807) is 12.4 Å². The number of aryl methyl sites for hydroxylation is 1. The first-order valence-electron chi connectivity index (χ1n) is 7.56. The molecule has 22 heavy (non-hydrogen) atoms. The van der Waals surface area contributed by atoms with Crippen LogP contribution in [-0.2, 0) is 4.74 Å². The van der Waals surface area contributed by atoms with Crippen LogP contribution < -0.4 is 0 Å². The highest BCUT2D eigenvalue weighted by atomic mass is 16.5. The molecule has 0 amide bonds. The summed E-state index contributed by atoms with van der Waals surface area (Å²) in [7, 11) is 0. The van der Waals surface area contributed by atoms with Crippen molar-refractivity contribution in [2.24, 2.45) is 0 Å². The van der Waals surface area contributed by atoms with Crippen LogP contribution in [0.5, 0.6) is 0 Å². The van der Waals surface area contributed by atoms with E-state index < -0.39 is 0 Å². The normalized spacial score (nSPS) is 18.7. The molecule has 1 saturated heterocycles. The molecule has 0 N–H and O–H groups in total. The predicted molar refractivity (Wildman–Crippen MR) is 82.1 cm³/mol. The molecule has 1 atom stereocenters. The van der Waals surface area contributed by atoms with E-state index in [1.165, 1.54) is 6.42 Å². The van der Waals surface area contributed by atoms with Crippen molar-refractivity contribution in [1.82, 2.24) is 24.5 Å². The lowest BCUT2D eigenvalue weighted by Crippen LogP contribution is -2.17. The van der Waals surface area contributed by atoms with Gasteiger partial charge in [-0.05, 0) is 38.3 Å². The van der Waals surface area contributed by atoms with E-state index in [0.29, 0.717) is 0 Å². The van der Waals surface area contributed by atoms with Gasteiger partial charge in [-0.1, -0.05) is 0 Å². The minimum absolute atomic E-state index is 0.0230. The maximum absolute atomic E-state index is 5.87. The Hall–Kier alpha value is -2.34. The second kappa shape index (κ2) is 5.46. The van der Waals surface area contributed by atoms with Gasteiger partial charge in [-0.3, -0.25) is 9.55 Å². The second-order valence-corrected chi connectivity index (χ2v) is 5.51. The Labute approximate surface area is 128 Å². The van der Waals surface area contributed by atoms with Gasteiger partial charge in [0.2, 0.25) is 0 Å². The lowest BCUT2D eigenvalue weighted by atomic mass is 10.1. The summed E-state index contributed by atoms with van der Waals surface area (Å²) in [6, 6.07) is 3.89. The maximum atomic E-state index is 5.87. The molecule has 0 radical (unpaired) electrons.